The first-order valence-corrected chi connectivity index (χ1v) is 12.5. The molecule has 1 aliphatic carbocycles. The van der Waals surface area contributed by atoms with Crippen molar-refractivity contribution in [2.24, 2.45) is 0 Å². The van der Waals surface area contributed by atoms with Crippen molar-refractivity contribution < 1.29 is 0 Å². The molecule has 0 aliphatic heterocycles. The van der Waals surface area contributed by atoms with Crippen LogP contribution in [0.15, 0.2) is 121 Å². The molecule has 1 nitrogen and oxygen atoms in total. The predicted octanol–water partition coefficient (Wildman–Crippen LogP) is 10.0. The van der Waals surface area contributed by atoms with Crippen molar-refractivity contribution in [2.45, 2.75) is 6.92 Å². The molecule has 8 rings (SSSR count). The maximum atomic E-state index is 2.41. The first-order valence-electron chi connectivity index (χ1n) is 12.5. The molecule has 0 aromatic heterocycles. The molecule has 1 aliphatic rings. The molecule has 0 spiro atoms. The Hall–Kier alpha value is -4.62. The number of hydrogen-bond acceptors (Lipinski definition) is 1. The van der Waals surface area contributed by atoms with E-state index in [1.807, 2.05) is 0 Å². The van der Waals surface area contributed by atoms with Gasteiger partial charge in [0.05, 0.1) is 0 Å². The molecule has 1 heteroatoms. The highest BCUT2D eigenvalue weighted by Gasteiger charge is 2.26. The normalized spacial score (nSPS) is 12.0. The highest BCUT2D eigenvalue weighted by atomic mass is 15.1. The van der Waals surface area contributed by atoms with E-state index in [9.17, 15) is 0 Å². The standard InChI is InChI=1S/C35H23N/c1-22-12-13-24-20-32-31-21-27(36(25-8-4-2-5-9-25)26-10-6-3-7-11-26)16-19-29(31)30-18-15-23-14-17-28(22)33(24)34(23)35(30)32/h2-21H,1H3. The molecule has 0 bridgehead atoms. The monoisotopic (exact) mass is 457 g/mol. The Morgan fingerprint density at radius 1 is 0.417 bits per heavy atom. The zero-order chi connectivity index (χ0) is 23.8. The van der Waals surface area contributed by atoms with Gasteiger partial charge in [-0.05, 0) is 110 Å². The fourth-order valence-electron chi connectivity index (χ4n) is 6.23. The van der Waals surface area contributed by atoms with Crippen molar-refractivity contribution in [2.75, 3.05) is 4.90 Å². The molecule has 0 heterocycles. The van der Waals surface area contributed by atoms with Crippen LogP contribution in [0.1, 0.15) is 5.56 Å². The van der Waals surface area contributed by atoms with E-state index < -0.39 is 0 Å². The average molecular weight is 458 g/mol. The van der Waals surface area contributed by atoms with Crippen LogP contribution in [0.3, 0.4) is 0 Å². The van der Waals surface area contributed by atoms with Gasteiger partial charge in [0.2, 0.25) is 0 Å². The summed E-state index contributed by atoms with van der Waals surface area (Å²) in [6.45, 7) is 2.22. The maximum absolute atomic E-state index is 2.41. The van der Waals surface area contributed by atoms with Crippen LogP contribution >= 0.6 is 0 Å². The van der Waals surface area contributed by atoms with Gasteiger partial charge in [-0.3, -0.25) is 0 Å². The summed E-state index contributed by atoms with van der Waals surface area (Å²) >= 11 is 0. The second kappa shape index (κ2) is 7.19. The van der Waals surface area contributed by atoms with Crippen molar-refractivity contribution in [1.82, 2.24) is 0 Å². The van der Waals surface area contributed by atoms with Gasteiger partial charge in [0.25, 0.3) is 0 Å². The van der Waals surface area contributed by atoms with E-state index in [0.29, 0.717) is 0 Å². The molecule has 7 aromatic carbocycles. The Kier molecular flexibility index (Phi) is 3.93. The largest absolute Gasteiger partial charge is 0.310 e. The van der Waals surface area contributed by atoms with Gasteiger partial charge >= 0.3 is 0 Å². The van der Waals surface area contributed by atoms with Crippen LogP contribution in [0.4, 0.5) is 17.1 Å². The van der Waals surface area contributed by atoms with Crippen LogP contribution in [0.25, 0.3) is 54.6 Å². The van der Waals surface area contributed by atoms with Crippen LogP contribution in [0, 0.1) is 6.92 Å². The molecular weight excluding hydrogens is 434 g/mol. The minimum Gasteiger partial charge on any atom is -0.310 e. The summed E-state index contributed by atoms with van der Waals surface area (Å²) in [5.74, 6) is 0. The lowest BCUT2D eigenvalue weighted by Crippen LogP contribution is -2.09. The molecular formula is C35H23N. The summed E-state index contributed by atoms with van der Waals surface area (Å²) in [5.41, 5.74) is 10.2. The third kappa shape index (κ3) is 2.60. The number of benzene rings is 7. The van der Waals surface area contributed by atoms with Gasteiger partial charge < -0.3 is 4.90 Å². The van der Waals surface area contributed by atoms with Gasteiger partial charge in [-0.1, -0.05) is 78.9 Å². The molecule has 0 amide bonds. The number of rotatable bonds is 3. The number of anilines is 3. The van der Waals surface area contributed by atoms with Gasteiger partial charge in [-0.15, -0.1) is 0 Å². The fraction of sp³-hybridized carbons (Fsp3) is 0.0286. The van der Waals surface area contributed by atoms with E-state index in [0.717, 1.165) is 11.4 Å². The number of hydrogen-bond donors (Lipinski definition) is 0. The minimum absolute atomic E-state index is 1.16. The number of nitrogens with zero attached hydrogens (tertiary/aromatic N) is 1. The molecule has 7 aromatic rings. The molecule has 0 unspecified atom stereocenters. The SMILES string of the molecule is Cc1ccc2cc3c4c(ccc5ccc1c2c54)-c1ccc(N(c2ccccc2)c2ccccc2)cc1-3. The first-order chi connectivity index (χ1) is 17.8. The van der Waals surface area contributed by atoms with Crippen LogP contribution in [0.2, 0.25) is 0 Å². The number of para-hydroxylation sites is 2. The van der Waals surface area contributed by atoms with Crippen molar-refractivity contribution in [3.05, 3.63) is 127 Å². The lowest BCUT2D eigenvalue weighted by molar-refractivity contribution is 1.28. The lowest BCUT2D eigenvalue weighted by Gasteiger charge is -2.26. The highest BCUT2D eigenvalue weighted by Crippen LogP contribution is 2.53. The Labute approximate surface area is 210 Å². The van der Waals surface area contributed by atoms with E-state index in [1.165, 1.54) is 65.8 Å². The summed E-state index contributed by atoms with van der Waals surface area (Å²) in [5, 5.41) is 8.20. The molecule has 0 N–H and O–H groups in total. The predicted molar refractivity (Wildman–Crippen MR) is 154 cm³/mol. The Bertz CT molecular complexity index is 1890. The molecule has 168 valence electrons. The topological polar surface area (TPSA) is 3.24 Å². The Morgan fingerprint density at radius 2 is 1.08 bits per heavy atom. The molecule has 0 fully saturated rings. The number of aryl methyl sites for hydroxylation is 1. The van der Waals surface area contributed by atoms with Crippen LogP contribution in [-0.4, -0.2) is 0 Å². The summed E-state index contributed by atoms with van der Waals surface area (Å²) in [4.78, 5) is 2.35. The van der Waals surface area contributed by atoms with Crippen molar-refractivity contribution in [3.8, 4) is 22.3 Å². The van der Waals surface area contributed by atoms with E-state index in [1.54, 1.807) is 0 Å². The van der Waals surface area contributed by atoms with Crippen molar-refractivity contribution >= 4 is 49.4 Å². The van der Waals surface area contributed by atoms with E-state index >= 15 is 0 Å². The van der Waals surface area contributed by atoms with E-state index in [4.69, 9.17) is 0 Å². The van der Waals surface area contributed by atoms with E-state index in [-0.39, 0.29) is 0 Å². The summed E-state index contributed by atoms with van der Waals surface area (Å²) in [7, 11) is 0. The Balaban J connectivity index is 1.42. The maximum Gasteiger partial charge on any atom is 0.0468 e. The quantitative estimate of drug-likeness (QED) is 0.239. The Morgan fingerprint density at radius 3 is 1.83 bits per heavy atom. The van der Waals surface area contributed by atoms with E-state index in [2.05, 4.69) is 133 Å². The summed E-state index contributed by atoms with van der Waals surface area (Å²) in [6, 6.07) is 44.4. The van der Waals surface area contributed by atoms with Gasteiger partial charge in [-0.25, -0.2) is 0 Å². The molecule has 0 saturated carbocycles. The molecule has 0 radical (unpaired) electrons. The average Bonchev–Trinajstić information content (AvgIpc) is 3.25. The fourth-order valence-corrected chi connectivity index (χ4v) is 6.23. The summed E-state index contributed by atoms with van der Waals surface area (Å²) < 4.78 is 0. The third-order valence-electron chi connectivity index (χ3n) is 7.85. The zero-order valence-corrected chi connectivity index (χ0v) is 20.0. The van der Waals surface area contributed by atoms with Crippen LogP contribution in [-0.2, 0) is 0 Å². The number of fused-ring (bicyclic) bond motifs is 3. The van der Waals surface area contributed by atoms with Crippen LogP contribution in [0.5, 0.6) is 0 Å². The molecule has 0 atom stereocenters. The summed E-state index contributed by atoms with van der Waals surface area (Å²) in [6.07, 6.45) is 0. The smallest absolute Gasteiger partial charge is 0.0468 e. The second-order valence-corrected chi connectivity index (χ2v) is 9.84. The van der Waals surface area contributed by atoms with Gasteiger partial charge in [0, 0.05) is 17.1 Å². The van der Waals surface area contributed by atoms with Crippen molar-refractivity contribution in [3.63, 3.8) is 0 Å². The molecule has 0 saturated heterocycles. The highest BCUT2D eigenvalue weighted by molar-refractivity contribution is 6.32. The minimum atomic E-state index is 1.16. The van der Waals surface area contributed by atoms with Gasteiger partial charge in [0.1, 0.15) is 0 Å². The second-order valence-electron chi connectivity index (χ2n) is 9.84. The zero-order valence-electron chi connectivity index (χ0n) is 20.0. The third-order valence-corrected chi connectivity index (χ3v) is 7.85. The van der Waals surface area contributed by atoms with Crippen molar-refractivity contribution in [1.29, 1.82) is 0 Å². The molecule has 36 heavy (non-hydrogen) atoms. The lowest BCUT2D eigenvalue weighted by atomic mass is 9.89. The first kappa shape index (κ1) is 19.7. The van der Waals surface area contributed by atoms with Gasteiger partial charge in [-0.2, -0.15) is 0 Å². The van der Waals surface area contributed by atoms with Gasteiger partial charge in [0.15, 0.2) is 0 Å². The van der Waals surface area contributed by atoms with Crippen LogP contribution < -0.4 is 4.90 Å².